The second-order valence-electron chi connectivity index (χ2n) is 4.10. The fourth-order valence-electron chi connectivity index (χ4n) is 1.74. The van der Waals surface area contributed by atoms with Crippen molar-refractivity contribution in [3.63, 3.8) is 0 Å². The summed E-state index contributed by atoms with van der Waals surface area (Å²) in [5.41, 5.74) is 13.5. The Morgan fingerprint density at radius 3 is 1.89 bits per heavy atom. The predicted molar refractivity (Wildman–Crippen MR) is 74.4 cm³/mol. The van der Waals surface area contributed by atoms with Crippen LogP contribution in [0.15, 0.2) is 54.6 Å². The van der Waals surface area contributed by atoms with E-state index in [0.717, 1.165) is 5.75 Å². The SMILES string of the molecule is NCC(CN)Oc1ccc(-c2ccccc2)cc1. The molecule has 0 heterocycles. The summed E-state index contributed by atoms with van der Waals surface area (Å²) in [4.78, 5) is 0. The molecule has 0 saturated carbocycles. The van der Waals surface area contributed by atoms with Crippen molar-refractivity contribution in [2.24, 2.45) is 11.5 Å². The Morgan fingerprint density at radius 2 is 1.33 bits per heavy atom. The summed E-state index contributed by atoms with van der Waals surface area (Å²) in [7, 11) is 0. The molecule has 0 spiro atoms. The molecule has 0 aliphatic heterocycles. The van der Waals surface area contributed by atoms with Gasteiger partial charge in [0.25, 0.3) is 0 Å². The third-order valence-corrected chi connectivity index (χ3v) is 2.79. The second-order valence-corrected chi connectivity index (χ2v) is 4.10. The van der Waals surface area contributed by atoms with Gasteiger partial charge in [0.1, 0.15) is 11.9 Å². The summed E-state index contributed by atoms with van der Waals surface area (Å²) in [6.45, 7) is 0.855. The summed E-state index contributed by atoms with van der Waals surface area (Å²) >= 11 is 0. The van der Waals surface area contributed by atoms with Gasteiger partial charge in [-0.15, -0.1) is 0 Å². The maximum atomic E-state index is 5.65. The summed E-state index contributed by atoms with van der Waals surface area (Å²) in [6, 6.07) is 18.2. The minimum atomic E-state index is -0.118. The van der Waals surface area contributed by atoms with E-state index in [1.807, 2.05) is 42.5 Å². The van der Waals surface area contributed by atoms with E-state index in [9.17, 15) is 0 Å². The predicted octanol–water partition coefficient (Wildman–Crippen LogP) is 2.02. The molecule has 0 aliphatic rings. The van der Waals surface area contributed by atoms with Crippen molar-refractivity contribution in [2.75, 3.05) is 13.1 Å². The van der Waals surface area contributed by atoms with Crippen molar-refractivity contribution >= 4 is 0 Å². The Kier molecular flexibility index (Phi) is 4.34. The maximum Gasteiger partial charge on any atom is 0.123 e. The molecule has 0 bridgehead atoms. The lowest BCUT2D eigenvalue weighted by molar-refractivity contribution is 0.217. The third kappa shape index (κ3) is 3.09. The van der Waals surface area contributed by atoms with Crippen molar-refractivity contribution < 1.29 is 4.74 Å². The van der Waals surface area contributed by atoms with E-state index in [-0.39, 0.29) is 6.10 Å². The summed E-state index contributed by atoms with van der Waals surface area (Å²) in [6.07, 6.45) is -0.118. The largest absolute Gasteiger partial charge is 0.488 e. The van der Waals surface area contributed by atoms with Crippen molar-refractivity contribution in [1.29, 1.82) is 0 Å². The standard InChI is InChI=1S/C15H18N2O/c16-10-15(11-17)18-14-8-6-13(7-9-14)12-4-2-1-3-5-12/h1-9,15H,10-11,16-17H2. The Morgan fingerprint density at radius 1 is 0.778 bits per heavy atom. The Hall–Kier alpha value is -1.84. The average molecular weight is 242 g/mol. The highest BCUT2D eigenvalue weighted by molar-refractivity contribution is 5.63. The van der Waals surface area contributed by atoms with Crippen LogP contribution in [0.1, 0.15) is 0 Å². The lowest BCUT2D eigenvalue weighted by atomic mass is 10.1. The van der Waals surface area contributed by atoms with Gasteiger partial charge >= 0.3 is 0 Å². The molecular formula is C15H18N2O. The highest BCUT2D eigenvalue weighted by Gasteiger charge is 2.05. The highest BCUT2D eigenvalue weighted by atomic mass is 16.5. The summed E-state index contributed by atoms with van der Waals surface area (Å²) in [5, 5.41) is 0. The van der Waals surface area contributed by atoms with Gasteiger partial charge in [-0.25, -0.2) is 0 Å². The normalized spacial score (nSPS) is 10.6. The fourth-order valence-corrected chi connectivity index (χ4v) is 1.74. The molecule has 3 nitrogen and oxygen atoms in total. The van der Waals surface area contributed by atoms with Gasteiger partial charge in [0.15, 0.2) is 0 Å². The molecule has 0 unspecified atom stereocenters. The lowest BCUT2D eigenvalue weighted by Gasteiger charge is -2.15. The quantitative estimate of drug-likeness (QED) is 0.843. The van der Waals surface area contributed by atoms with Gasteiger partial charge in [0.05, 0.1) is 0 Å². The minimum Gasteiger partial charge on any atom is -0.488 e. The first-order valence-electron chi connectivity index (χ1n) is 6.05. The van der Waals surface area contributed by atoms with Crippen LogP contribution >= 0.6 is 0 Å². The van der Waals surface area contributed by atoms with E-state index in [1.54, 1.807) is 0 Å². The molecule has 0 aromatic heterocycles. The van der Waals surface area contributed by atoms with Crippen LogP contribution < -0.4 is 16.2 Å². The van der Waals surface area contributed by atoms with Gasteiger partial charge < -0.3 is 16.2 Å². The van der Waals surface area contributed by atoms with Crippen LogP contribution in [0.4, 0.5) is 0 Å². The number of ether oxygens (including phenoxy) is 1. The van der Waals surface area contributed by atoms with E-state index in [1.165, 1.54) is 11.1 Å². The first-order valence-corrected chi connectivity index (χ1v) is 6.05. The number of benzene rings is 2. The molecule has 0 fully saturated rings. The number of rotatable bonds is 5. The zero-order valence-electron chi connectivity index (χ0n) is 10.3. The summed E-state index contributed by atoms with van der Waals surface area (Å²) < 4.78 is 5.65. The van der Waals surface area contributed by atoms with Crippen LogP contribution in [0, 0.1) is 0 Å². The number of nitrogens with two attached hydrogens (primary N) is 2. The molecule has 4 N–H and O–H groups in total. The second kappa shape index (κ2) is 6.19. The van der Waals surface area contributed by atoms with Crippen LogP contribution in [0.25, 0.3) is 11.1 Å². The lowest BCUT2D eigenvalue weighted by Crippen LogP contribution is -2.34. The van der Waals surface area contributed by atoms with Gasteiger partial charge in [-0.2, -0.15) is 0 Å². The van der Waals surface area contributed by atoms with Gasteiger partial charge in [-0.3, -0.25) is 0 Å². The Labute approximate surface area is 107 Å². The highest BCUT2D eigenvalue weighted by Crippen LogP contribution is 2.22. The molecule has 18 heavy (non-hydrogen) atoms. The first kappa shape index (κ1) is 12.6. The molecule has 2 rings (SSSR count). The molecule has 3 heteroatoms. The number of hydrogen-bond donors (Lipinski definition) is 2. The van der Waals surface area contributed by atoms with Gasteiger partial charge in [-0.05, 0) is 23.3 Å². The minimum absolute atomic E-state index is 0.118. The van der Waals surface area contributed by atoms with E-state index in [2.05, 4.69) is 12.1 Å². The molecule has 94 valence electrons. The molecular weight excluding hydrogens is 224 g/mol. The Bertz CT molecular complexity index is 464. The van der Waals surface area contributed by atoms with Crippen LogP contribution in [-0.4, -0.2) is 19.2 Å². The van der Waals surface area contributed by atoms with Crippen LogP contribution in [0.2, 0.25) is 0 Å². The van der Waals surface area contributed by atoms with Gasteiger partial charge in [0, 0.05) is 13.1 Å². The topological polar surface area (TPSA) is 61.3 Å². The average Bonchev–Trinajstić information content (AvgIpc) is 2.46. The first-order chi connectivity index (χ1) is 8.83. The fraction of sp³-hybridized carbons (Fsp3) is 0.200. The van der Waals surface area contributed by atoms with E-state index in [0.29, 0.717) is 13.1 Å². The van der Waals surface area contributed by atoms with Crippen molar-refractivity contribution in [2.45, 2.75) is 6.10 Å². The molecule has 2 aromatic rings. The molecule has 2 aromatic carbocycles. The Balaban J connectivity index is 2.11. The number of hydrogen-bond acceptors (Lipinski definition) is 3. The molecule has 0 aliphatic carbocycles. The monoisotopic (exact) mass is 242 g/mol. The molecule has 0 atom stereocenters. The van der Waals surface area contributed by atoms with Crippen molar-refractivity contribution in [3.8, 4) is 16.9 Å². The molecule has 0 amide bonds. The van der Waals surface area contributed by atoms with Crippen LogP contribution in [0.5, 0.6) is 5.75 Å². The molecule has 0 radical (unpaired) electrons. The third-order valence-electron chi connectivity index (χ3n) is 2.79. The summed E-state index contributed by atoms with van der Waals surface area (Å²) in [5.74, 6) is 0.801. The van der Waals surface area contributed by atoms with Gasteiger partial charge in [0.2, 0.25) is 0 Å². The maximum absolute atomic E-state index is 5.65. The zero-order valence-corrected chi connectivity index (χ0v) is 10.3. The zero-order chi connectivity index (χ0) is 12.8. The van der Waals surface area contributed by atoms with E-state index < -0.39 is 0 Å². The van der Waals surface area contributed by atoms with Crippen LogP contribution in [-0.2, 0) is 0 Å². The smallest absolute Gasteiger partial charge is 0.123 e. The van der Waals surface area contributed by atoms with E-state index in [4.69, 9.17) is 16.2 Å². The van der Waals surface area contributed by atoms with Crippen molar-refractivity contribution in [1.82, 2.24) is 0 Å². The van der Waals surface area contributed by atoms with Crippen LogP contribution in [0.3, 0.4) is 0 Å². The van der Waals surface area contributed by atoms with Gasteiger partial charge in [-0.1, -0.05) is 42.5 Å². The van der Waals surface area contributed by atoms with Crippen molar-refractivity contribution in [3.05, 3.63) is 54.6 Å². The molecule has 0 saturated heterocycles. The van der Waals surface area contributed by atoms with E-state index >= 15 is 0 Å².